The van der Waals surface area contributed by atoms with Crippen LogP contribution in [0.15, 0.2) is 91.0 Å². The number of phosphoric ester groups is 1. The third-order valence-corrected chi connectivity index (χ3v) is 4.82. The van der Waals surface area contributed by atoms with Crippen molar-refractivity contribution in [2.75, 3.05) is 6.61 Å². The summed E-state index contributed by atoms with van der Waals surface area (Å²) in [5.41, 5.74) is 0.833. The van der Waals surface area contributed by atoms with Crippen LogP contribution >= 0.6 is 7.82 Å². The van der Waals surface area contributed by atoms with Crippen LogP contribution in [0.2, 0.25) is 0 Å². The van der Waals surface area contributed by atoms with Crippen molar-refractivity contribution in [1.82, 2.24) is 0 Å². The number of ether oxygens (including phenoxy) is 1. The smallest absolute Gasteiger partial charge is 0.459 e. The van der Waals surface area contributed by atoms with Crippen LogP contribution in [0.5, 0.6) is 11.5 Å². The second kappa shape index (κ2) is 9.74. The van der Waals surface area contributed by atoms with Crippen molar-refractivity contribution in [3.63, 3.8) is 0 Å². The summed E-state index contributed by atoms with van der Waals surface area (Å²) in [5, 5.41) is 0. The van der Waals surface area contributed by atoms with Gasteiger partial charge in [-0.3, -0.25) is 4.52 Å². The average Bonchev–Trinajstić information content (AvgIpc) is 2.73. The first-order valence-corrected chi connectivity index (χ1v) is 10.0. The molecule has 0 saturated carbocycles. The molecule has 0 atom stereocenters. The fourth-order valence-electron chi connectivity index (χ4n) is 2.20. The van der Waals surface area contributed by atoms with Gasteiger partial charge >= 0.3 is 13.8 Å². The molecule has 0 heterocycles. The summed E-state index contributed by atoms with van der Waals surface area (Å²) in [6.45, 7) is -0.490. The van der Waals surface area contributed by atoms with Crippen molar-refractivity contribution in [2.45, 2.75) is 6.61 Å². The molecule has 0 bridgehead atoms. The number of esters is 1. The normalized spacial score (nSPS) is 10.9. The zero-order valence-electron chi connectivity index (χ0n) is 15.0. The maximum atomic E-state index is 13.1. The van der Waals surface area contributed by atoms with Gasteiger partial charge in [0.1, 0.15) is 18.1 Å². The van der Waals surface area contributed by atoms with Gasteiger partial charge in [0, 0.05) is 0 Å². The lowest BCUT2D eigenvalue weighted by atomic mass is 10.2. The fourth-order valence-corrected chi connectivity index (χ4v) is 3.37. The van der Waals surface area contributed by atoms with Crippen molar-refractivity contribution in [1.29, 1.82) is 0 Å². The first kappa shape index (κ1) is 19.7. The maximum Gasteiger partial charge on any atom is 0.588 e. The molecule has 0 aliphatic carbocycles. The molecule has 0 amide bonds. The van der Waals surface area contributed by atoms with Crippen molar-refractivity contribution >= 4 is 13.8 Å². The number of phosphoric acid groups is 1. The molecule has 0 aliphatic heterocycles. The Balaban J connectivity index is 1.63. The Morgan fingerprint density at radius 3 is 1.68 bits per heavy atom. The van der Waals surface area contributed by atoms with Crippen LogP contribution in [-0.2, 0) is 25.2 Å². The van der Waals surface area contributed by atoms with Gasteiger partial charge in [-0.05, 0) is 29.8 Å². The first-order chi connectivity index (χ1) is 13.6. The van der Waals surface area contributed by atoms with Crippen molar-refractivity contribution in [3.05, 3.63) is 96.6 Å². The van der Waals surface area contributed by atoms with Gasteiger partial charge in [-0.1, -0.05) is 66.7 Å². The second-order valence-corrected chi connectivity index (χ2v) is 7.19. The lowest BCUT2D eigenvalue weighted by molar-refractivity contribution is -0.147. The quantitative estimate of drug-likeness (QED) is 0.286. The summed E-state index contributed by atoms with van der Waals surface area (Å²) in [7, 11) is -4.11. The predicted molar refractivity (Wildman–Crippen MR) is 104 cm³/mol. The van der Waals surface area contributed by atoms with E-state index in [-0.39, 0.29) is 6.61 Å². The highest BCUT2D eigenvalue weighted by atomic mass is 31.2. The summed E-state index contributed by atoms with van der Waals surface area (Å²) in [6.07, 6.45) is 0. The second-order valence-electron chi connectivity index (χ2n) is 5.68. The minimum Gasteiger partial charge on any atom is -0.459 e. The van der Waals surface area contributed by atoms with E-state index in [0.717, 1.165) is 5.56 Å². The van der Waals surface area contributed by atoms with Gasteiger partial charge in [-0.25, -0.2) is 9.36 Å². The largest absolute Gasteiger partial charge is 0.588 e. The van der Waals surface area contributed by atoms with E-state index in [1.807, 2.05) is 30.3 Å². The molecule has 0 radical (unpaired) electrons. The fraction of sp³-hybridized carbons (Fsp3) is 0.0952. The number of rotatable bonds is 9. The van der Waals surface area contributed by atoms with Crippen LogP contribution in [-0.4, -0.2) is 12.6 Å². The zero-order valence-corrected chi connectivity index (χ0v) is 15.9. The van der Waals surface area contributed by atoms with Crippen LogP contribution in [0.4, 0.5) is 0 Å². The Bertz CT molecular complexity index is 870. The number of benzene rings is 3. The van der Waals surface area contributed by atoms with Crippen LogP contribution in [0.3, 0.4) is 0 Å². The minimum absolute atomic E-state index is 0.0897. The molecule has 0 unspecified atom stereocenters. The van der Waals surface area contributed by atoms with E-state index >= 15 is 0 Å². The first-order valence-electron chi connectivity index (χ1n) is 8.56. The molecule has 0 saturated heterocycles. The maximum absolute atomic E-state index is 13.1. The van der Waals surface area contributed by atoms with Gasteiger partial charge in [0.05, 0.1) is 0 Å². The van der Waals surface area contributed by atoms with Crippen molar-refractivity contribution in [3.8, 4) is 11.5 Å². The number of hydrogen-bond donors (Lipinski definition) is 0. The van der Waals surface area contributed by atoms with E-state index in [1.54, 1.807) is 60.7 Å². The van der Waals surface area contributed by atoms with Crippen LogP contribution in [0, 0.1) is 0 Å². The highest BCUT2D eigenvalue weighted by Crippen LogP contribution is 2.49. The van der Waals surface area contributed by atoms with Gasteiger partial charge < -0.3 is 13.8 Å². The van der Waals surface area contributed by atoms with E-state index in [9.17, 15) is 9.36 Å². The van der Waals surface area contributed by atoms with Crippen LogP contribution < -0.4 is 9.05 Å². The molecule has 0 aromatic heterocycles. The molecular formula is C21H19O6P. The molecule has 3 aromatic carbocycles. The lowest BCUT2D eigenvalue weighted by Gasteiger charge is -2.18. The number of carbonyl (C=O) groups is 1. The molecule has 3 aromatic rings. The summed E-state index contributed by atoms with van der Waals surface area (Å²) >= 11 is 0. The Kier molecular flexibility index (Phi) is 6.84. The molecule has 0 aliphatic rings. The van der Waals surface area contributed by atoms with Gasteiger partial charge in [0.2, 0.25) is 0 Å². The SMILES string of the molecule is O=[13C]([13CH2]OP(=O)(Oc1ccccc1)Oc1ccccc1)OCc1ccccc1. The zero-order chi connectivity index (χ0) is 19.7. The van der Waals surface area contributed by atoms with Crippen LogP contribution in [0.1, 0.15) is 5.56 Å². The summed E-state index contributed by atoms with van der Waals surface area (Å²) < 4.78 is 34.3. The Morgan fingerprint density at radius 2 is 1.18 bits per heavy atom. The van der Waals surface area contributed by atoms with Crippen LogP contribution in [0.25, 0.3) is 0 Å². The molecule has 7 heteroatoms. The summed E-state index contributed by atoms with van der Waals surface area (Å²) in [4.78, 5) is 12.0. The van der Waals surface area contributed by atoms with E-state index < -0.39 is 20.4 Å². The highest BCUT2D eigenvalue weighted by Gasteiger charge is 2.32. The Hall–Kier alpha value is -3.08. The van der Waals surface area contributed by atoms with Crippen molar-refractivity contribution < 1.29 is 27.7 Å². The third kappa shape index (κ3) is 6.27. The van der Waals surface area contributed by atoms with Gasteiger partial charge in [0.15, 0.2) is 6.61 Å². The minimum atomic E-state index is -4.11. The molecule has 0 fully saturated rings. The van der Waals surface area contributed by atoms with E-state index in [4.69, 9.17) is 18.3 Å². The number of para-hydroxylation sites is 2. The Labute approximate surface area is 163 Å². The van der Waals surface area contributed by atoms with E-state index in [0.29, 0.717) is 11.5 Å². The molecule has 3 rings (SSSR count). The summed E-state index contributed by atoms with van der Waals surface area (Å²) in [6, 6.07) is 26.1. The molecule has 28 heavy (non-hydrogen) atoms. The molecule has 0 N–H and O–H groups in total. The van der Waals surface area contributed by atoms with Gasteiger partial charge in [-0.2, -0.15) is 0 Å². The van der Waals surface area contributed by atoms with Gasteiger partial charge in [0.25, 0.3) is 0 Å². The molecular weight excluding hydrogens is 381 g/mol. The monoisotopic (exact) mass is 400 g/mol. The average molecular weight is 400 g/mol. The topological polar surface area (TPSA) is 71.1 Å². The predicted octanol–water partition coefficient (Wildman–Crippen LogP) is 5.01. The number of hydrogen-bond acceptors (Lipinski definition) is 6. The molecule has 6 nitrogen and oxygen atoms in total. The Morgan fingerprint density at radius 1 is 0.714 bits per heavy atom. The highest BCUT2D eigenvalue weighted by molar-refractivity contribution is 7.49. The number of carbonyl (C=O) groups excluding carboxylic acids is 1. The molecule has 0 spiro atoms. The van der Waals surface area contributed by atoms with E-state index in [1.165, 1.54) is 0 Å². The summed E-state index contributed by atoms with van der Waals surface area (Å²) in [5.74, 6) is -0.101. The molecule has 144 valence electrons. The standard InChI is InChI=1S/C21H19O6P/c22-21(24-16-18-10-4-1-5-11-18)17-25-28(23,26-19-12-6-2-7-13-19)27-20-14-8-3-9-15-20/h1-15H,16-17H2/i17+1,21+1. The third-order valence-electron chi connectivity index (χ3n) is 3.50. The van der Waals surface area contributed by atoms with E-state index in [2.05, 4.69) is 0 Å². The van der Waals surface area contributed by atoms with Gasteiger partial charge in [-0.15, -0.1) is 0 Å². The lowest BCUT2D eigenvalue weighted by Crippen LogP contribution is -2.15. The van der Waals surface area contributed by atoms with Crippen molar-refractivity contribution in [2.24, 2.45) is 0 Å².